The molecule has 1 heterocycles. The third-order valence-corrected chi connectivity index (χ3v) is 2.35. The van der Waals surface area contributed by atoms with Gasteiger partial charge in [0.1, 0.15) is 0 Å². The molecular formula is C11H11F3N4. The molecular weight excluding hydrogens is 245 g/mol. The smallest absolute Gasteiger partial charge is 0.398 e. The van der Waals surface area contributed by atoms with Gasteiger partial charge in [-0.1, -0.05) is 0 Å². The molecule has 0 spiro atoms. The van der Waals surface area contributed by atoms with Crippen LogP contribution in [0.1, 0.15) is 5.56 Å². The molecule has 3 N–H and O–H groups in total. The highest BCUT2D eigenvalue weighted by molar-refractivity contribution is 5.64. The maximum Gasteiger partial charge on any atom is 0.418 e. The van der Waals surface area contributed by atoms with E-state index in [1.807, 2.05) is 0 Å². The Bertz CT molecular complexity index is 560. The lowest BCUT2D eigenvalue weighted by Crippen LogP contribution is -2.09. The molecule has 7 heteroatoms. The van der Waals surface area contributed by atoms with Crippen LogP contribution in [0.3, 0.4) is 0 Å². The molecule has 1 aromatic carbocycles. The topological polar surface area (TPSA) is 55.9 Å². The van der Waals surface area contributed by atoms with E-state index in [0.29, 0.717) is 11.4 Å². The summed E-state index contributed by atoms with van der Waals surface area (Å²) in [6, 6.07) is 3.68. The van der Waals surface area contributed by atoms with Crippen LogP contribution in [0.2, 0.25) is 0 Å². The molecule has 0 aliphatic carbocycles. The number of aryl methyl sites for hydroxylation is 1. The third-order valence-electron chi connectivity index (χ3n) is 2.35. The van der Waals surface area contributed by atoms with Crippen molar-refractivity contribution in [1.29, 1.82) is 0 Å². The fraction of sp³-hybridized carbons (Fsp3) is 0.182. The third kappa shape index (κ3) is 2.55. The lowest BCUT2D eigenvalue weighted by Gasteiger charge is -2.12. The van der Waals surface area contributed by atoms with Gasteiger partial charge in [-0.25, -0.2) is 0 Å². The Hall–Kier alpha value is -2.18. The predicted molar refractivity (Wildman–Crippen MR) is 62.3 cm³/mol. The van der Waals surface area contributed by atoms with E-state index in [9.17, 15) is 13.2 Å². The van der Waals surface area contributed by atoms with E-state index in [1.165, 1.54) is 18.3 Å². The predicted octanol–water partition coefficient (Wildman–Crippen LogP) is 2.76. The average molecular weight is 256 g/mol. The average Bonchev–Trinajstić information content (AvgIpc) is 2.65. The summed E-state index contributed by atoms with van der Waals surface area (Å²) in [4.78, 5) is 0. The van der Waals surface area contributed by atoms with Crippen LogP contribution in [0.4, 0.5) is 30.2 Å². The molecule has 4 nitrogen and oxygen atoms in total. The second-order valence-corrected chi connectivity index (χ2v) is 3.83. The number of aromatic nitrogens is 2. The van der Waals surface area contributed by atoms with Gasteiger partial charge in [-0.15, -0.1) is 0 Å². The number of nitrogens with zero attached hydrogens (tertiary/aromatic N) is 2. The summed E-state index contributed by atoms with van der Waals surface area (Å²) < 4.78 is 39.5. The molecule has 0 saturated carbocycles. The molecule has 1 aromatic heterocycles. The maximum atomic E-state index is 12.6. The summed E-state index contributed by atoms with van der Waals surface area (Å²) >= 11 is 0. The first-order valence-electron chi connectivity index (χ1n) is 5.08. The number of nitrogens with two attached hydrogens (primary N) is 1. The number of hydrogen-bond acceptors (Lipinski definition) is 3. The highest BCUT2D eigenvalue weighted by atomic mass is 19.4. The molecule has 0 atom stereocenters. The lowest BCUT2D eigenvalue weighted by molar-refractivity contribution is -0.136. The molecule has 0 fully saturated rings. The number of rotatable bonds is 2. The quantitative estimate of drug-likeness (QED) is 0.812. The lowest BCUT2D eigenvalue weighted by atomic mass is 10.1. The first-order chi connectivity index (χ1) is 8.36. The van der Waals surface area contributed by atoms with Crippen molar-refractivity contribution < 1.29 is 13.2 Å². The van der Waals surface area contributed by atoms with Crippen molar-refractivity contribution >= 4 is 17.1 Å². The molecule has 0 aliphatic rings. The molecule has 0 aliphatic heterocycles. The zero-order valence-electron chi connectivity index (χ0n) is 9.49. The summed E-state index contributed by atoms with van der Waals surface area (Å²) in [7, 11) is 1.72. The molecule has 0 saturated heterocycles. The molecule has 2 aromatic rings. The number of nitrogen functional groups attached to an aromatic ring is 1. The minimum atomic E-state index is -4.46. The van der Waals surface area contributed by atoms with Gasteiger partial charge in [-0.3, -0.25) is 4.68 Å². The first-order valence-corrected chi connectivity index (χ1v) is 5.08. The highest BCUT2D eigenvalue weighted by Gasteiger charge is 2.33. The monoisotopic (exact) mass is 256 g/mol. The first kappa shape index (κ1) is 12.3. The van der Waals surface area contributed by atoms with E-state index in [4.69, 9.17) is 5.73 Å². The van der Waals surface area contributed by atoms with E-state index in [-0.39, 0.29) is 5.69 Å². The van der Waals surface area contributed by atoms with Gasteiger partial charge in [0.05, 0.1) is 17.4 Å². The molecule has 2 rings (SSSR count). The molecule has 0 amide bonds. The van der Waals surface area contributed by atoms with Crippen LogP contribution in [-0.4, -0.2) is 9.78 Å². The molecule has 96 valence electrons. The SMILES string of the molecule is Cn1cc(Nc2ccc(N)c(C(F)(F)F)c2)cn1. The standard InChI is InChI=1S/C11H11F3N4/c1-18-6-8(5-16-18)17-7-2-3-10(15)9(4-7)11(12,13)14/h2-6,17H,15H2,1H3. The Morgan fingerprint density at radius 2 is 2.00 bits per heavy atom. The van der Waals surface area contributed by atoms with Crippen molar-refractivity contribution in [2.45, 2.75) is 6.18 Å². The number of alkyl halides is 3. The van der Waals surface area contributed by atoms with Crippen LogP contribution in [0.25, 0.3) is 0 Å². The van der Waals surface area contributed by atoms with Gasteiger partial charge in [-0.05, 0) is 18.2 Å². The van der Waals surface area contributed by atoms with Crippen LogP contribution in [0.5, 0.6) is 0 Å². The summed E-state index contributed by atoms with van der Waals surface area (Å²) in [6.07, 6.45) is -1.29. The molecule has 18 heavy (non-hydrogen) atoms. The van der Waals surface area contributed by atoms with E-state index in [2.05, 4.69) is 10.4 Å². The summed E-state index contributed by atoms with van der Waals surface area (Å²) in [6.45, 7) is 0. The van der Waals surface area contributed by atoms with Crippen molar-refractivity contribution in [3.05, 3.63) is 36.2 Å². The zero-order chi connectivity index (χ0) is 13.3. The zero-order valence-corrected chi connectivity index (χ0v) is 9.49. The van der Waals surface area contributed by atoms with Crippen LogP contribution < -0.4 is 11.1 Å². The Balaban J connectivity index is 2.30. The van der Waals surface area contributed by atoms with Crippen LogP contribution in [0, 0.1) is 0 Å². The van der Waals surface area contributed by atoms with Crippen molar-refractivity contribution in [2.24, 2.45) is 7.05 Å². The maximum absolute atomic E-state index is 12.6. The fourth-order valence-corrected chi connectivity index (χ4v) is 1.53. The number of nitrogens with one attached hydrogen (secondary N) is 1. The van der Waals surface area contributed by atoms with Crippen LogP contribution in [-0.2, 0) is 13.2 Å². The summed E-state index contributed by atoms with van der Waals surface area (Å²) in [5.74, 6) is 0. The van der Waals surface area contributed by atoms with E-state index >= 15 is 0 Å². The number of hydrogen-bond donors (Lipinski definition) is 2. The normalized spacial score (nSPS) is 11.6. The largest absolute Gasteiger partial charge is 0.418 e. The highest BCUT2D eigenvalue weighted by Crippen LogP contribution is 2.35. The van der Waals surface area contributed by atoms with Gasteiger partial charge < -0.3 is 11.1 Å². The fourth-order valence-electron chi connectivity index (χ4n) is 1.53. The van der Waals surface area contributed by atoms with Gasteiger partial charge in [-0.2, -0.15) is 18.3 Å². The Morgan fingerprint density at radius 3 is 2.56 bits per heavy atom. The van der Waals surface area contributed by atoms with Crippen LogP contribution >= 0.6 is 0 Å². The molecule has 0 bridgehead atoms. The second-order valence-electron chi connectivity index (χ2n) is 3.83. The van der Waals surface area contributed by atoms with Crippen molar-refractivity contribution in [3.63, 3.8) is 0 Å². The van der Waals surface area contributed by atoms with Gasteiger partial charge in [0.25, 0.3) is 0 Å². The van der Waals surface area contributed by atoms with Gasteiger partial charge >= 0.3 is 6.18 Å². The number of anilines is 3. The van der Waals surface area contributed by atoms with E-state index in [1.54, 1.807) is 17.9 Å². The van der Waals surface area contributed by atoms with Gasteiger partial charge in [0.15, 0.2) is 0 Å². The summed E-state index contributed by atoms with van der Waals surface area (Å²) in [5.41, 5.74) is 5.08. The minimum absolute atomic E-state index is 0.292. The molecule has 0 unspecified atom stereocenters. The molecule has 0 radical (unpaired) electrons. The number of halogens is 3. The number of benzene rings is 1. The Morgan fingerprint density at radius 1 is 1.28 bits per heavy atom. The van der Waals surface area contributed by atoms with Crippen LogP contribution in [0.15, 0.2) is 30.6 Å². The minimum Gasteiger partial charge on any atom is -0.398 e. The van der Waals surface area contributed by atoms with Gasteiger partial charge in [0.2, 0.25) is 0 Å². The van der Waals surface area contributed by atoms with Gasteiger partial charge in [0, 0.05) is 24.6 Å². The van der Waals surface area contributed by atoms with E-state index < -0.39 is 11.7 Å². The van der Waals surface area contributed by atoms with Crippen molar-refractivity contribution in [3.8, 4) is 0 Å². The van der Waals surface area contributed by atoms with E-state index in [0.717, 1.165) is 6.07 Å². The van der Waals surface area contributed by atoms with Crippen molar-refractivity contribution in [2.75, 3.05) is 11.1 Å². The Kier molecular flexibility index (Phi) is 2.90. The summed E-state index contributed by atoms with van der Waals surface area (Å²) in [5, 5.41) is 6.73. The Labute approximate surface area is 101 Å². The van der Waals surface area contributed by atoms with Crippen molar-refractivity contribution in [1.82, 2.24) is 9.78 Å². The second kappa shape index (κ2) is 4.25.